The maximum Gasteiger partial charge on any atom is 0.254 e. The normalized spacial score (nSPS) is 22.4. The lowest BCUT2D eigenvalue weighted by Crippen LogP contribution is -2.70. The van der Waals surface area contributed by atoms with Crippen molar-refractivity contribution < 1.29 is 38.9 Å². The molecule has 1 saturated carbocycles. The van der Waals surface area contributed by atoms with Gasteiger partial charge in [0.05, 0.1) is 29.9 Å². The SMILES string of the molecule is C=CCO[C@@]12Oc3ccc(Oc4cccc(C=O)c4)cc3[C@H]3[C@H](CCCCO)[C@@H](CCCCO)C=C(C(=NOC)C[C@@H]1N(Cc1cccc4ccccc14)C(=O)c1ccc(C#N)cc1)[C@H]32. The Bertz CT molecular complexity index is 2610. The van der Waals surface area contributed by atoms with E-state index in [0.717, 1.165) is 59.4 Å². The molecular formula is C54H55N3O8. The number of aliphatic hydroxyl groups is 2. The highest BCUT2D eigenvalue weighted by atomic mass is 16.7. The van der Waals surface area contributed by atoms with Gasteiger partial charge in [-0.2, -0.15) is 5.26 Å². The third-order valence-electron chi connectivity index (χ3n) is 13.2. The minimum Gasteiger partial charge on any atom is -0.459 e. The number of amides is 1. The van der Waals surface area contributed by atoms with Gasteiger partial charge in [-0.05, 0) is 114 Å². The zero-order chi connectivity index (χ0) is 45.3. The minimum absolute atomic E-state index is 0.000259. The average Bonchev–Trinajstić information content (AvgIpc) is 3.34. The van der Waals surface area contributed by atoms with Gasteiger partial charge in [0, 0.05) is 48.8 Å². The molecule has 11 heteroatoms. The lowest BCUT2D eigenvalue weighted by atomic mass is 9.55. The van der Waals surface area contributed by atoms with E-state index in [1.165, 1.54) is 7.11 Å². The third-order valence-corrected chi connectivity index (χ3v) is 13.2. The minimum atomic E-state index is -1.50. The van der Waals surface area contributed by atoms with Crippen LogP contribution in [0, 0.1) is 29.1 Å². The summed E-state index contributed by atoms with van der Waals surface area (Å²) in [6.45, 7) is 4.51. The van der Waals surface area contributed by atoms with Crippen LogP contribution in [0.5, 0.6) is 17.2 Å². The molecule has 0 radical (unpaired) electrons. The van der Waals surface area contributed by atoms with Gasteiger partial charge < -0.3 is 34.2 Å². The van der Waals surface area contributed by atoms with Crippen LogP contribution in [0.1, 0.15) is 88.3 Å². The fourth-order valence-electron chi connectivity index (χ4n) is 10.4. The van der Waals surface area contributed by atoms with E-state index in [1.807, 2.05) is 53.4 Å². The molecule has 3 aliphatic rings. The number of unbranched alkanes of at least 4 members (excludes halogenated alkanes) is 2. The van der Waals surface area contributed by atoms with Gasteiger partial charge in [-0.3, -0.25) is 9.59 Å². The maximum absolute atomic E-state index is 15.5. The van der Waals surface area contributed by atoms with Crippen molar-refractivity contribution in [3.8, 4) is 23.3 Å². The van der Waals surface area contributed by atoms with E-state index in [0.29, 0.717) is 52.5 Å². The number of rotatable bonds is 19. The van der Waals surface area contributed by atoms with Gasteiger partial charge in [-0.1, -0.05) is 84.7 Å². The number of aldehydes is 1. The van der Waals surface area contributed by atoms with Crippen molar-refractivity contribution in [2.24, 2.45) is 22.9 Å². The standard InChI is InChI=1S/C54H55N3O8/c1-3-28-63-54-50(57(53(61)39-22-20-36(33-55)21-23-39)34-41-16-11-15-38-13-4-5-18-44(38)41)32-48(56-62-2)46-30-40(14-6-8-26-58)45(19-7-9-27-59)51(52(46)54)47-31-43(24-25-49(47)65-54)64-42-17-10-12-37(29-42)35-60/h3-5,10-13,15-18,20-25,29-31,35,40,45,50-52,58-59H,1,6-9,14,19,26-28,32,34H2,2H3/t40-,45+,50-,51+,52+,54+/m0/s1. The number of nitrogens with zero attached hydrogens (tertiary/aromatic N) is 3. The first-order chi connectivity index (χ1) is 31.9. The summed E-state index contributed by atoms with van der Waals surface area (Å²) >= 11 is 0. The molecule has 0 saturated heterocycles. The summed E-state index contributed by atoms with van der Waals surface area (Å²) in [5.41, 5.74) is 4.75. The molecule has 0 spiro atoms. The van der Waals surface area contributed by atoms with E-state index in [1.54, 1.807) is 48.5 Å². The Morgan fingerprint density at radius 3 is 2.45 bits per heavy atom. The molecule has 1 fully saturated rings. The summed E-state index contributed by atoms with van der Waals surface area (Å²) in [5, 5.41) is 36.4. The molecule has 5 aromatic rings. The molecule has 2 aliphatic carbocycles. The number of allylic oxidation sites excluding steroid dienone is 1. The van der Waals surface area contributed by atoms with E-state index in [2.05, 4.69) is 36.9 Å². The van der Waals surface area contributed by atoms with Gasteiger partial charge >= 0.3 is 0 Å². The van der Waals surface area contributed by atoms with Crippen molar-refractivity contribution in [1.82, 2.24) is 4.90 Å². The molecule has 2 N–H and O–H groups in total. The van der Waals surface area contributed by atoms with Gasteiger partial charge in [0.2, 0.25) is 5.79 Å². The topological polar surface area (TPSA) is 151 Å². The molecule has 11 nitrogen and oxygen atoms in total. The average molecular weight is 874 g/mol. The van der Waals surface area contributed by atoms with E-state index in [4.69, 9.17) is 24.2 Å². The summed E-state index contributed by atoms with van der Waals surface area (Å²) in [4.78, 5) is 34.7. The number of nitriles is 1. The number of fused-ring (bicyclic) bond motifs is 3. The van der Waals surface area contributed by atoms with E-state index in [9.17, 15) is 20.3 Å². The Morgan fingerprint density at radius 2 is 1.69 bits per heavy atom. The highest BCUT2D eigenvalue weighted by Gasteiger charge is 2.65. The summed E-state index contributed by atoms with van der Waals surface area (Å²) in [5.74, 6) is -0.888. The van der Waals surface area contributed by atoms with Gasteiger partial charge in [0.15, 0.2) is 0 Å². The second-order valence-corrected chi connectivity index (χ2v) is 17.0. The summed E-state index contributed by atoms with van der Waals surface area (Å²) in [7, 11) is 1.53. The van der Waals surface area contributed by atoms with Crippen molar-refractivity contribution >= 4 is 28.7 Å². The first-order valence-electron chi connectivity index (χ1n) is 22.5. The molecule has 334 valence electrons. The van der Waals surface area contributed by atoms with Crippen LogP contribution in [0.25, 0.3) is 10.8 Å². The molecule has 0 aromatic heterocycles. The van der Waals surface area contributed by atoms with Crippen LogP contribution in [0.2, 0.25) is 0 Å². The zero-order valence-corrected chi connectivity index (χ0v) is 36.7. The van der Waals surface area contributed by atoms with E-state index >= 15 is 4.79 Å². The van der Waals surface area contributed by atoms with Crippen LogP contribution in [0.15, 0.2) is 139 Å². The molecule has 6 atom stereocenters. The second-order valence-electron chi connectivity index (χ2n) is 17.0. The van der Waals surface area contributed by atoms with Gasteiger partial charge in [0.1, 0.15) is 36.7 Å². The molecule has 5 aromatic carbocycles. The summed E-state index contributed by atoms with van der Waals surface area (Å²) in [6.07, 6.45) is 9.42. The van der Waals surface area contributed by atoms with Crippen molar-refractivity contribution in [3.63, 3.8) is 0 Å². The molecular weight excluding hydrogens is 819 g/mol. The fourth-order valence-corrected chi connectivity index (χ4v) is 10.4. The predicted molar refractivity (Wildman–Crippen MR) is 249 cm³/mol. The van der Waals surface area contributed by atoms with Crippen molar-refractivity contribution in [2.45, 2.75) is 69.2 Å². The number of benzene rings is 5. The van der Waals surface area contributed by atoms with Crippen LogP contribution in [0.4, 0.5) is 0 Å². The Hall–Kier alpha value is -6.58. The van der Waals surface area contributed by atoms with E-state index < -0.39 is 17.7 Å². The lowest BCUT2D eigenvalue weighted by molar-refractivity contribution is -0.255. The number of oxime groups is 1. The first kappa shape index (κ1) is 45.0. The molecule has 1 amide bonds. The smallest absolute Gasteiger partial charge is 0.254 e. The number of carbonyl (C=O) groups is 2. The monoisotopic (exact) mass is 873 g/mol. The van der Waals surface area contributed by atoms with Crippen LogP contribution in [-0.4, -0.2) is 71.8 Å². The highest BCUT2D eigenvalue weighted by molar-refractivity contribution is 6.03. The van der Waals surface area contributed by atoms with Crippen LogP contribution < -0.4 is 9.47 Å². The molecule has 0 bridgehead atoms. The number of hydrogen-bond acceptors (Lipinski definition) is 10. The molecule has 1 aliphatic heterocycles. The number of ether oxygens (including phenoxy) is 3. The Labute approximate surface area is 380 Å². The van der Waals surface area contributed by atoms with Crippen molar-refractivity contribution in [1.29, 1.82) is 5.26 Å². The molecule has 8 rings (SSSR count). The fraction of sp³-hybridized carbons (Fsp3) is 0.333. The quantitative estimate of drug-likeness (QED) is 0.0358. The van der Waals surface area contributed by atoms with Crippen LogP contribution in [-0.2, 0) is 16.1 Å². The molecule has 1 heterocycles. The van der Waals surface area contributed by atoms with Crippen molar-refractivity contribution in [3.05, 3.63) is 161 Å². The molecule has 65 heavy (non-hydrogen) atoms. The summed E-state index contributed by atoms with van der Waals surface area (Å²) < 4.78 is 21.1. The second kappa shape index (κ2) is 20.5. The lowest BCUT2D eigenvalue weighted by Gasteiger charge is -2.60. The zero-order valence-electron chi connectivity index (χ0n) is 36.7. The Morgan fingerprint density at radius 1 is 0.938 bits per heavy atom. The highest BCUT2D eigenvalue weighted by Crippen LogP contribution is 2.62. The van der Waals surface area contributed by atoms with Crippen LogP contribution >= 0.6 is 0 Å². The van der Waals surface area contributed by atoms with Gasteiger partial charge in [-0.15, -0.1) is 6.58 Å². The van der Waals surface area contributed by atoms with Crippen LogP contribution in [0.3, 0.4) is 0 Å². The Balaban J connectivity index is 1.37. The summed E-state index contributed by atoms with van der Waals surface area (Å²) in [6, 6.07) is 35.0. The van der Waals surface area contributed by atoms with E-state index in [-0.39, 0.29) is 56.4 Å². The third kappa shape index (κ3) is 9.20. The molecule has 0 unspecified atom stereocenters. The first-order valence-corrected chi connectivity index (χ1v) is 22.5. The van der Waals surface area contributed by atoms with Crippen molar-refractivity contribution in [2.75, 3.05) is 26.9 Å². The largest absolute Gasteiger partial charge is 0.459 e. The Kier molecular flexibility index (Phi) is 14.2. The number of aliphatic hydroxyl groups excluding tert-OH is 2. The number of carbonyl (C=O) groups excluding carboxylic acids is 2. The maximum atomic E-state index is 15.5. The predicted octanol–water partition coefficient (Wildman–Crippen LogP) is 9.92. The van der Waals surface area contributed by atoms with Gasteiger partial charge in [0.25, 0.3) is 5.91 Å². The number of hydrogen-bond donors (Lipinski definition) is 2. The van der Waals surface area contributed by atoms with Gasteiger partial charge in [-0.25, -0.2) is 0 Å².